The van der Waals surface area contributed by atoms with Gasteiger partial charge in [-0.25, -0.2) is 5.48 Å². The zero-order valence-corrected chi connectivity index (χ0v) is 25.7. The van der Waals surface area contributed by atoms with Gasteiger partial charge in [0.25, 0.3) is 11.8 Å². The smallest absolute Gasteiger partial charge is 0.303 e. The fraction of sp³-hybridized carbons (Fsp3) is 0.344. The molecule has 2 amide bonds. The first-order valence-electron chi connectivity index (χ1n) is 14.3. The van der Waals surface area contributed by atoms with Crippen LogP contribution in [0.15, 0.2) is 66.7 Å². The van der Waals surface area contributed by atoms with E-state index in [0.29, 0.717) is 33.2 Å². The molecule has 1 unspecified atom stereocenters. The number of amides is 2. The van der Waals surface area contributed by atoms with Gasteiger partial charge in [0.2, 0.25) is 0 Å². The third kappa shape index (κ3) is 7.02. The van der Waals surface area contributed by atoms with Gasteiger partial charge >= 0.3 is 5.97 Å². The van der Waals surface area contributed by atoms with Crippen LogP contribution in [0.5, 0.6) is 0 Å². The van der Waals surface area contributed by atoms with Crippen molar-refractivity contribution in [1.82, 2.24) is 15.1 Å². The minimum atomic E-state index is -0.866. The molecule has 1 aliphatic heterocycles. The molecular weight excluding hydrogens is 609 g/mol. The molecule has 43 heavy (non-hydrogen) atoms. The van der Waals surface area contributed by atoms with E-state index in [-0.39, 0.29) is 31.0 Å². The number of rotatable bonds is 10. The minimum absolute atomic E-state index is 0.0244. The summed E-state index contributed by atoms with van der Waals surface area (Å²) in [6, 6.07) is 18.6. The van der Waals surface area contributed by atoms with Crippen molar-refractivity contribution in [3.05, 3.63) is 105 Å². The maximum absolute atomic E-state index is 14.2. The van der Waals surface area contributed by atoms with Gasteiger partial charge in [-0.05, 0) is 59.7 Å². The van der Waals surface area contributed by atoms with E-state index in [1.54, 1.807) is 41.3 Å². The predicted molar refractivity (Wildman–Crippen MR) is 168 cm³/mol. The van der Waals surface area contributed by atoms with Crippen molar-refractivity contribution in [3.8, 4) is 0 Å². The monoisotopic (exact) mass is 641 g/mol. The maximum atomic E-state index is 14.2. The van der Waals surface area contributed by atoms with Crippen LogP contribution in [0.3, 0.4) is 0 Å². The highest BCUT2D eigenvalue weighted by Crippen LogP contribution is 2.47. The summed E-state index contributed by atoms with van der Waals surface area (Å²) in [6.45, 7) is 0.0737. The number of carboxylic acids is 1. The van der Waals surface area contributed by atoms with Gasteiger partial charge in [-0.1, -0.05) is 97.4 Å². The molecule has 3 aromatic carbocycles. The Morgan fingerprint density at radius 3 is 2.51 bits per heavy atom. The average Bonchev–Trinajstić information content (AvgIpc) is 3.00. The van der Waals surface area contributed by atoms with Crippen molar-refractivity contribution in [2.24, 2.45) is 0 Å². The van der Waals surface area contributed by atoms with Crippen LogP contribution in [0.4, 0.5) is 0 Å². The highest BCUT2D eigenvalue weighted by Gasteiger charge is 2.49. The second-order valence-corrected chi connectivity index (χ2v) is 12.0. The van der Waals surface area contributed by atoms with Crippen molar-refractivity contribution in [2.75, 3.05) is 0 Å². The Kier molecular flexibility index (Phi) is 10.3. The summed E-state index contributed by atoms with van der Waals surface area (Å²) >= 11 is 17.4. The van der Waals surface area contributed by atoms with Gasteiger partial charge < -0.3 is 10.0 Å². The number of carbonyl (C=O) groups is 3. The fourth-order valence-electron chi connectivity index (χ4n) is 6.25. The number of fused-ring (bicyclic) bond motifs is 1. The molecular formula is C32H33Cl2N3O5S. The number of aryl methyl sites for hydroxylation is 1. The van der Waals surface area contributed by atoms with Crippen LogP contribution in [0.2, 0.25) is 10.0 Å². The molecule has 1 fully saturated rings. The first-order chi connectivity index (χ1) is 20.8. The summed E-state index contributed by atoms with van der Waals surface area (Å²) in [5.41, 5.74) is 5.94. The molecule has 3 aromatic rings. The molecule has 0 spiro atoms. The molecule has 1 saturated carbocycles. The molecule has 4 atom stereocenters. The zero-order chi connectivity index (χ0) is 30.5. The molecule has 0 bridgehead atoms. The van der Waals surface area contributed by atoms with Crippen molar-refractivity contribution < 1.29 is 24.3 Å². The van der Waals surface area contributed by atoms with Crippen molar-refractivity contribution in [3.63, 3.8) is 0 Å². The molecule has 0 radical (unpaired) electrons. The van der Waals surface area contributed by atoms with E-state index in [4.69, 9.17) is 33.1 Å². The van der Waals surface area contributed by atoms with Crippen molar-refractivity contribution in [2.45, 2.75) is 69.2 Å². The second kappa shape index (κ2) is 14.1. The highest BCUT2D eigenvalue weighted by molar-refractivity contribution is 7.78. The lowest BCUT2D eigenvalue weighted by atomic mass is 9.76. The molecule has 2 aliphatic rings. The van der Waals surface area contributed by atoms with Crippen LogP contribution in [0, 0.1) is 0 Å². The number of carbonyl (C=O) groups excluding carboxylic acids is 2. The standard InChI is InChI=1S/C32H33Cl2N3O5S/c33-21-13-14-24(25(34)17-21)30-29(31(40)35-42-18-20-7-5-6-19(16-20)12-15-28(38)39)22-8-1-2-9-23(22)32(41)37(30)27-11-4-3-10-26(27)36-43/h1-2,5-9,13-14,16-17,26-27,29-30,36,43H,3-4,10-12,15,18H2,(H,35,40)(H,38,39)/t26-,27?,29+,30-/m0/s1. The van der Waals surface area contributed by atoms with Gasteiger partial charge in [0.1, 0.15) is 0 Å². The first kappa shape index (κ1) is 31.3. The van der Waals surface area contributed by atoms with E-state index in [9.17, 15) is 14.4 Å². The Labute approximate surface area is 266 Å². The quantitative estimate of drug-likeness (QED) is 0.153. The summed E-state index contributed by atoms with van der Waals surface area (Å²) < 4.78 is 3.10. The van der Waals surface area contributed by atoms with Gasteiger partial charge in [0, 0.05) is 34.1 Å². The third-order valence-corrected chi connectivity index (χ3v) is 9.12. The third-order valence-electron chi connectivity index (χ3n) is 8.22. The second-order valence-electron chi connectivity index (χ2n) is 10.9. The number of benzene rings is 3. The van der Waals surface area contributed by atoms with Crippen LogP contribution in [-0.4, -0.2) is 39.9 Å². The predicted octanol–water partition coefficient (Wildman–Crippen LogP) is 6.28. The lowest BCUT2D eigenvalue weighted by Crippen LogP contribution is -2.57. The number of hydroxylamine groups is 1. The Bertz CT molecular complexity index is 1510. The van der Waals surface area contributed by atoms with Crippen LogP contribution in [0.1, 0.15) is 76.7 Å². The molecule has 0 saturated heterocycles. The molecule has 11 heteroatoms. The fourth-order valence-corrected chi connectivity index (χ4v) is 7.07. The molecule has 226 valence electrons. The topological polar surface area (TPSA) is 108 Å². The summed E-state index contributed by atoms with van der Waals surface area (Å²) in [4.78, 5) is 46.8. The SMILES string of the molecule is O=C(O)CCc1cccc(CONC(=O)[C@@H]2c3ccccc3C(=O)N(C3CCCC[C@@H]3NS)[C@H]2c2ccc(Cl)cc2Cl)c1. The molecule has 3 N–H and O–H groups in total. The first-order valence-corrected chi connectivity index (χ1v) is 15.5. The molecule has 8 nitrogen and oxygen atoms in total. The van der Waals surface area contributed by atoms with Crippen LogP contribution < -0.4 is 10.2 Å². The number of halogens is 2. The lowest BCUT2D eigenvalue weighted by molar-refractivity contribution is -0.138. The van der Waals surface area contributed by atoms with E-state index < -0.39 is 23.8 Å². The number of aliphatic carboxylic acids is 1. The number of nitrogens with zero attached hydrogens (tertiary/aromatic N) is 1. The average molecular weight is 643 g/mol. The highest BCUT2D eigenvalue weighted by atomic mass is 35.5. The zero-order valence-electron chi connectivity index (χ0n) is 23.3. The Morgan fingerprint density at radius 1 is 0.977 bits per heavy atom. The molecule has 0 aromatic heterocycles. The van der Waals surface area contributed by atoms with E-state index >= 15 is 0 Å². The van der Waals surface area contributed by atoms with Gasteiger partial charge in [-0.3, -0.25) is 23.9 Å². The van der Waals surface area contributed by atoms with Gasteiger partial charge in [-0.2, -0.15) is 0 Å². The van der Waals surface area contributed by atoms with E-state index in [2.05, 4.69) is 23.0 Å². The van der Waals surface area contributed by atoms with Crippen molar-refractivity contribution in [1.29, 1.82) is 0 Å². The summed E-state index contributed by atoms with van der Waals surface area (Å²) in [5.74, 6) is -2.30. The summed E-state index contributed by atoms with van der Waals surface area (Å²) in [6.07, 6.45) is 3.95. The Morgan fingerprint density at radius 2 is 1.74 bits per heavy atom. The molecule has 5 rings (SSSR count). The number of carboxylic acid groups (broad SMARTS) is 1. The number of nitrogens with one attached hydrogen (secondary N) is 2. The van der Waals surface area contributed by atoms with E-state index in [0.717, 1.165) is 36.8 Å². The van der Waals surface area contributed by atoms with Gasteiger partial charge in [-0.15, -0.1) is 0 Å². The lowest BCUT2D eigenvalue weighted by Gasteiger charge is -2.49. The molecule has 1 aliphatic carbocycles. The van der Waals surface area contributed by atoms with Gasteiger partial charge in [0.05, 0.1) is 18.6 Å². The van der Waals surface area contributed by atoms with E-state index in [1.807, 2.05) is 30.3 Å². The number of hydrogen-bond donors (Lipinski definition) is 4. The summed E-state index contributed by atoms with van der Waals surface area (Å²) in [5, 5.41) is 9.81. The maximum Gasteiger partial charge on any atom is 0.303 e. The number of hydrogen-bond acceptors (Lipinski definition) is 6. The van der Waals surface area contributed by atoms with Crippen LogP contribution >= 0.6 is 36.0 Å². The Hall–Kier alpha value is -3.08. The number of thiol groups is 1. The van der Waals surface area contributed by atoms with Gasteiger partial charge in [0.15, 0.2) is 0 Å². The van der Waals surface area contributed by atoms with Crippen molar-refractivity contribution >= 4 is 53.8 Å². The van der Waals surface area contributed by atoms with E-state index in [1.165, 1.54) is 0 Å². The van der Waals surface area contributed by atoms with Crippen LogP contribution in [-0.2, 0) is 27.5 Å². The minimum Gasteiger partial charge on any atom is -0.481 e. The van der Waals surface area contributed by atoms with Crippen LogP contribution in [0.25, 0.3) is 0 Å². The summed E-state index contributed by atoms with van der Waals surface area (Å²) in [7, 11) is 0. The normalized spacial score (nSPS) is 21.7. The largest absolute Gasteiger partial charge is 0.481 e. The Balaban J connectivity index is 1.49. The molecule has 1 heterocycles.